The van der Waals surface area contributed by atoms with Crippen LogP contribution in [0.3, 0.4) is 0 Å². The van der Waals surface area contributed by atoms with Gasteiger partial charge in [-0.25, -0.2) is 4.79 Å². The van der Waals surface area contributed by atoms with Gasteiger partial charge in [-0.05, 0) is 47.0 Å². The zero-order valence-electron chi connectivity index (χ0n) is 16.9. The zero-order valence-corrected chi connectivity index (χ0v) is 16.9. The number of hydrogen-bond acceptors (Lipinski definition) is 5. The molecule has 0 aromatic rings. The molecule has 0 bridgehead atoms. The van der Waals surface area contributed by atoms with Gasteiger partial charge in [0, 0.05) is 6.42 Å². The number of halogens is 2. The van der Waals surface area contributed by atoms with Gasteiger partial charge in [-0.3, -0.25) is 4.79 Å². The molecular formula is C19H32F2O5. The van der Waals surface area contributed by atoms with Gasteiger partial charge in [-0.15, -0.1) is 0 Å². The van der Waals surface area contributed by atoms with Crippen molar-refractivity contribution in [3.8, 4) is 0 Å². The Morgan fingerprint density at radius 2 is 1.77 bits per heavy atom. The molecule has 1 heterocycles. The number of ether oxygens (including phenoxy) is 3. The Morgan fingerprint density at radius 1 is 1.23 bits per heavy atom. The first-order chi connectivity index (χ1) is 11.8. The molecular weight excluding hydrogens is 346 g/mol. The van der Waals surface area contributed by atoms with Gasteiger partial charge in [0.1, 0.15) is 5.60 Å². The van der Waals surface area contributed by atoms with Crippen LogP contribution in [-0.2, 0) is 23.8 Å². The van der Waals surface area contributed by atoms with E-state index in [4.69, 9.17) is 14.2 Å². The Kier molecular flexibility index (Phi) is 6.83. The Labute approximate surface area is 154 Å². The third-order valence-corrected chi connectivity index (χ3v) is 5.19. The van der Waals surface area contributed by atoms with Gasteiger partial charge in [0.25, 0.3) is 0 Å². The lowest BCUT2D eigenvalue weighted by atomic mass is 9.81. The lowest BCUT2D eigenvalue weighted by molar-refractivity contribution is -0.265. The number of alkyl halides is 2. The van der Waals surface area contributed by atoms with E-state index in [1.54, 1.807) is 13.8 Å². The van der Waals surface area contributed by atoms with Crippen molar-refractivity contribution in [2.24, 2.45) is 5.41 Å². The minimum absolute atomic E-state index is 0.00528. The van der Waals surface area contributed by atoms with E-state index < -0.39 is 34.5 Å². The molecule has 1 rings (SSSR count). The van der Waals surface area contributed by atoms with Gasteiger partial charge < -0.3 is 14.2 Å². The number of cyclic esters (lactones) is 1. The minimum Gasteiger partial charge on any atom is -0.455 e. The average molecular weight is 378 g/mol. The molecule has 26 heavy (non-hydrogen) atoms. The second-order valence-corrected chi connectivity index (χ2v) is 8.18. The summed E-state index contributed by atoms with van der Waals surface area (Å²) in [7, 11) is 0. The van der Waals surface area contributed by atoms with Crippen molar-refractivity contribution in [2.75, 3.05) is 6.61 Å². The minimum atomic E-state index is -3.91. The normalized spacial score (nSPS) is 26.9. The molecule has 0 spiro atoms. The second-order valence-electron chi connectivity index (χ2n) is 8.18. The number of rotatable bonds is 8. The molecule has 2 atom stereocenters. The summed E-state index contributed by atoms with van der Waals surface area (Å²) in [5, 5.41) is 0. The maximum absolute atomic E-state index is 14.5. The summed E-state index contributed by atoms with van der Waals surface area (Å²) in [6.45, 7) is 11.6. The standard InChI is InChI=1S/C19H32F2O5/c1-8-13(9-2)24-12-17(6,10-3)14(22)26-18(7)11-16(4,5)25-15(23)19(18,20)21/h13H,8-12H2,1-7H3. The zero-order chi connectivity index (χ0) is 20.4. The molecule has 5 nitrogen and oxygen atoms in total. The summed E-state index contributed by atoms with van der Waals surface area (Å²) in [5.74, 6) is -6.38. The Hall–Kier alpha value is -1.24. The van der Waals surface area contributed by atoms with Crippen molar-refractivity contribution in [3.05, 3.63) is 0 Å². The lowest BCUT2D eigenvalue weighted by Gasteiger charge is -2.46. The number of esters is 2. The molecule has 7 heteroatoms. The van der Waals surface area contributed by atoms with Crippen molar-refractivity contribution in [1.29, 1.82) is 0 Å². The summed E-state index contributed by atoms with van der Waals surface area (Å²) in [6.07, 6.45) is 1.65. The molecule has 0 aromatic carbocycles. The molecule has 1 aliphatic heterocycles. The fraction of sp³-hybridized carbons (Fsp3) is 0.895. The highest BCUT2D eigenvalue weighted by Crippen LogP contribution is 2.46. The van der Waals surface area contributed by atoms with E-state index in [0.717, 1.165) is 19.8 Å². The molecule has 1 saturated heterocycles. The summed E-state index contributed by atoms with van der Waals surface area (Å²) < 4.78 is 44.8. The average Bonchev–Trinajstić information content (AvgIpc) is 2.52. The largest absolute Gasteiger partial charge is 0.455 e. The summed E-state index contributed by atoms with van der Waals surface area (Å²) >= 11 is 0. The molecule has 0 saturated carbocycles. The molecule has 0 N–H and O–H groups in total. The van der Waals surface area contributed by atoms with Crippen LogP contribution in [0.5, 0.6) is 0 Å². The van der Waals surface area contributed by atoms with Crippen LogP contribution in [-0.4, -0.2) is 41.8 Å². The predicted molar refractivity (Wildman–Crippen MR) is 93.0 cm³/mol. The van der Waals surface area contributed by atoms with E-state index in [0.29, 0.717) is 6.42 Å². The maximum Gasteiger partial charge on any atom is 0.381 e. The Bertz CT molecular complexity index is 530. The van der Waals surface area contributed by atoms with Crippen molar-refractivity contribution < 1.29 is 32.6 Å². The second kappa shape index (κ2) is 7.79. The van der Waals surface area contributed by atoms with E-state index in [2.05, 4.69) is 0 Å². The van der Waals surface area contributed by atoms with Gasteiger partial charge >= 0.3 is 17.9 Å². The highest BCUT2D eigenvalue weighted by atomic mass is 19.3. The number of carbonyl (C=O) groups is 2. The first-order valence-corrected chi connectivity index (χ1v) is 9.23. The van der Waals surface area contributed by atoms with E-state index in [9.17, 15) is 18.4 Å². The topological polar surface area (TPSA) is 61.8 Å². The van der Waals surface area contributed by atoms with Crippen LogP contribution in [0.25, 0.3) is 0 Å². The highest BCUT2D eigenvalue weighted by Gasteiger charge is 2.67. The van der Waals surface area contributed by atoms with Gasteiger partial charge in [-0.2, -0.15) is 8.78 Å². The van der Waals surface area contributed by atoms with Crippen LogP contribution in [0.15, 0.2) is 0 Å². The Balaban J connectivity index is 3.01. The third kappa shape index (κ3) is 4.53. The fourth-order valence-corrected chi connectivity index (χ4v) is 3.05. The predicted octanol–water partition coefficient (Wildman–Crippen LogP) is 4.27. The van der Waals surface area contributed by atoms with Crippen LogP contribution >= 0.6 is 0 Å². The smallest absolute Gasteiger partial charge is 0.381 e. The van der Waals surface area contributed by atoms with E-state index in [1.165, 1.54) is 13.8 Å². The van der Waals surface area contributed by atoms with Crippen LogP contribution in [0.4, 0.5) is 8.78 Å². The monoisotopic (exact) mass is 378 g/mol. The molecule has 0 amide bonds. The van der Waals surface area contributed by atoms with Crippen LogP contribution in [0.1, 0.15) is 74.1 Å². The van der Waals surface area contributed by atoms with Crippen LogP contribution < -0.4 is 0 Å². The van der Waals surface area contributed by atoms with E-state index in [-0.39, 0.29) is 19.1 Å². The molecule has 0 aromatic heterocycles. The lowest BCUT2D eigenvalue weighted by Crippen LogP contribution is -2.64. The highest BCUT2D eigenvalue weighted by molar-refractivity contribution is 5.83. The summed E-state index contributed by atoms with van der Waals surface area (Å²) in [5.41, 5.74) is -4.50. The van der Waals surface area contributed by atoms with Crippen molar-refractivity contribution in [2.45, 2.75) is 97.4 Å². The van der Waals surface area contributed by atoms with Gasteiger partial charge in [-0.1, -0.05) is 20.8 Å². The summed E-state index contributed by atoms with van der Waals surface area (Å²) in [6, 6.07) is 0. The summed E-state index contributed by atoms with van der Waals surface area (Å²) in [4.78, 5) is 24.5. The Morgan fingerprint density at radius 3 is 2.23 bits per heavy atom. The quantitative estimate of drug-likeness (QED) is 0.590. The molecule has 0 radical (unpaired) electrons. The SMILES string of the molecule is CCC(CC)OCC(C)(CC)C(=O)OC1(C)CC(C)(C)OC(=O)C1(F)F. The molecule has 1 fully saturated rings. The van der Waals surface area contributed by atoms with Crippen LogP contribution in [0, 0.1) is 5.41 Å². The maximum atomic E-state index is 14.5. The number of carbonyl (C=O) groups excluding carboxylic acids is 2. The first kappa shape index (κ1) is 22.8. The molecule has 1 aliphatic rings. The molecule has 0 aliphatic carbocycles. The number of hydrogen-bond donors (Lipinski definition) is 0. The third-order valence-electron chi connectivity index (χ3n) is 5.19. The van der Waals surface area contributed by atoms with Crippen molar-refractivity contribution in [1.82, 2.24) is 0 Å². The van der Waals surface area contributed by atoms with E-state index >= 15 is 0 Å². The molecule has 152 valence electrons. The molecule has 2 unspecified atom stereocenters. The fourth-order valence-electron chi connectivity index (χ4n) is 3.05. The van der Waals surface area contributed by atoms with E-state index in [1.807, 2.05) is 13.8 Å². The van der Waals surface area contributed by atoms with Gasteiger partial charge in [0.15, 0.2) is 5.60 Å². The van der Waals surface area contributed by atoms with Crippen molar-refractivity contribution >= 4 is 11.9 Å². The van der Waals surface area contributed by atoms with Gasteiger partial charge in [0.05, 0.1) is 18.1 Å². The van der Waals surface area contributed by atoms with Gasteiger partial charge in [0.2, 0.25) is 0 Å². The van der Waals surface area contributed by atoms with Crippen molar-refractivity contribution in [3.63, 3.8) is 0 Å². The van der Waals surface area contributed by atoms with Crippen LogP contribution in [0.2, 0.25) is 0 Å². The first-order valence-electron chi connectivity index (χ1n) is 9.23.